The van der Waals surface area contributed by atoms with Crippen LogP contribution in [0.3, 0.4) is 0 Å². The van der Waals surface area contributed by atoms with Gasteiger partial charge in [0.2, 0.25) is 0 Å². The van der Waals surface area contributed by atoms with E-state index < -0.39 is 0 Å². The molecule has 6 heteroatoms. The van der Waals surface area contributed by atoms with Crippen molar-refractivity contribution in [2.24, 2.45) is 0 Å². The average Bonchev–Trinajstić information content (AvgIpc) is 3.03. The summed E-state index contributed by atoms with van der Waals surface area (Å²) in [5.41, 5.74) is 1.43. The number of fused-ring (bicyclic) bond motifs is 1. The van der Waals surface area contributed by atoms with Crippen LogP contribution in [0.15, 0.2) is 30.5 Å². The molecule has 2 heterocycles. The topological polar surface area (TPSA) is 59.4 Å². The van der Waals surface area contributed by atoms with Gasteiger partial charge in [0.15, 0.2) is 0 Å². The molecular weight excluding hydrogens is 304 g/mol. The Kier molecular flexibility index (Phi) is 5.15. The molecular formula is C18H24N4O2. The highest BCUT2D eigenvalue weighted by Crippen LogP contribution is 2.17. The largest absolute Gasteiger partial charge is 0.496 e. The van der Waals surface area contributed by atoms with Gasteiger partial charge in [-0.2, -0.15) is 0 Å². The van der Waals surface area contributed by atoms with E-state index in [2.05, 4.69) is 26.7 Å². The minimum absolute atomic E-state index is 0.148. The zero-order valence-corrected chi connectivity index (χ0v) is 14.3. The minimum atomic E-state index is -0.148. The third-order valence-electron chi connectivity index (χ3n) is 4.29. The average molecular weight is 328 g/mol. The molecule has 1 amide bonds. The molecule has 0 radical (unpaired) electrons. The molecule has 0 unspecified atom stereocenters. The quantitative estimate of drug-likeness (QED) is 0.882. The number of amides is 1. The maximum atomic E-state index is 12.4. The van der Waals surface area contributed by atoms with Gasteiger partial charge in [-0.3, -0.25) is 9.69 Å². The minimum Gasteiger partial charge on any atom is -0.496 e. The molecule has 24 heavy (non-hydrogen) atoms. The second-order valence-corrected chi connectivity index (χ2v) is 6.01. The summed E-state index contributed by atoms with van der Waals surface area (Å²) >= 11 is 0. The van der Waals surface area contributed by atoms with Gasteiger partial charge in [-0.05, 0) is 19.0 Å². The maximum absolute atomic E-state index is 12.4. The van der Waals surface area contributed by atoms with E-state index in [1.807, 2.05) is 30.5 Å². The summed E-state index contributed by atoms with van der Waals surface area (Å²) in [7, 11) is 1.63. The fourth-order valence-corrected chi connectivity index (χ4v) is 3.03. The lowest BCUT2D eigenvalue weighted by Crippen LogP contribution is -2.34. The number of aromatic nitrogens is 2. The molecule has 0 bridgehead atoms. The van der Waals surface area contributed by atoms with Gasteiger partial charge in [0.05, 0.1) is 13.7 Å². The molecule has 128 valence electrons. The Balaban J connectivity index is 1.64. The number of hydrogen-bond acceptors (Lipinski definition) is 4. The number of methoxy groups -OCH3 is 1. The monoisotopic (exact) mass is 328 g/mol. The Morgan fingerprint density at radius 2 is 2.17 bits per heavy atom. The van der Waals surface area contributed by atoms with E-state index >= 15 is 0 Å². The highest BCUT2D eigenvalue weighted by Gasteiger charge is 2.20. The van der Waals surface area contributed by atoms with Gasteiger partial charge in [-0.25, -0.2) is 4.98 Å². The number of benzene rings is 1. The Labute approximate surface area is 142 Å². The number of carbonyl (C=O) groups excluding carboxylic acids is 1. The first-order valence-electron chi connectivity index (χ1n) is 8.39. The molecule has 2 aromatic rings. The molecule has 0 spiro atoms. The van der Waals surface area contributed by atoms with Gasteiger partial charge < -0.3 is 14.6 Å². The van der Waals surface area contributed by atoms with E-state index in [1.165, 1.54) is 0 Å². The van der Waals surface area contributed by atoms with Crippen molar-refractivity contribution in [1.82, 2.24) is 19.8 Å². The van der Waals surface area contributed by atoms with E-state index in [1.54, 1.807) is 7.11 Å². The van der Waals surface area contributed by atoms with Crippen LogP contribution < -0.4 is 10.1 Å². The van der Waals surface area contributed by atoms with Crippen molar-refractivity contribution in [2.75, 3.05) is 20.2 Å². The van der Waals surface area contributed by atoms with Gasteiger partial charge in [-0.15, -0.1) is 0 Å². The maximum Gasteiger partial charge on any atom is 0.271 e. The van der Waals surface area contributed by atoms with Crippen LogP contribution in [0.2, 0.25) is 0 Å². The molecule has 0 fully saturated rings. The Morgan fingerprint density at radius 1 is 1.33 bits per heavy atom. The fraction of sp³-hybridized carbons (Fsp3) is 0.444. The highest BCUT2D eigenvalue weighted by atomic mass is 16.5. The zero-order valence-electron chi connectivity index (χ0n) is 14.3. The van der Waals surface area contributed by atoms with Gasteiger partial charge in [0.1, 0.15) is 17.3 Å². The van der Waals surface area contributed by atoms with Crippen LogP contribution in [-0.4, -0.2) is 40.6 Å². The Bertz CT molecular complexity index is 711. The van der Waals surface area contributed by atoms with Crippen molar-refractivity contribution in [3.05, 3.63) is 47.5 Å². The molecule has 1 N–H and O–H groups in total. The highest BCUT2D eigenvalue weighted by molar-refractivity contribution is 5.92. The molecule has 6 nitrogen and oxygen atoms in total. The van der Waals surface area contributed by atoms with Crippen LogP contribution in [0.5, 0.6) is 5.75 Å². The van der Waals surface area contributed by atoms with Gasteiger partial charge in [-0.1, -0.05) is 25.1 Å². The number of carbonyl (C=O) groups is 1. The lowest BCUT2D eigenvalue weighted by atomic mass is 10.2. The number of hydrogen-bond donors (Lipinski definition) is 1. The fourth-order valence-electron chi connectivity index (χ4n) is 3.03. The first-order chi connectivity index (χ1) is 11.7. The van der Waals surface area contributed by atoms with Crippen molar-refractivity contribution < 1.29 is 9.53 Å². The first kappa shape index (κ1) is 16.5. The lowest BCUT2D eigenvalue weighted by molar-refractivity contribution is 0.0946. The number of ether oxygens (including phenoxy) is 1. The number of nitrogens with zero attached hydrogens (tertiary/aromatic N) is 3. The summed E-state index contributed by atoms with van der Waals surface area (Å²) in [6.07, 6.45) is 2.99. The molecule has 3 rings (SSSR count). The number of rotatable bonds is 6. The SMILES string of the molecule is CCCN1CCn2cc(C(=O)NCc3ccccc3OC)nc2C1. The van der Waals surface area contributed by atoms with E-state index in [-0.39, 0.29) is 5.91 Å². The second kappa shape index (κ2) is 7.49. The number of imidazole rings is 1. The van der Waals surface area contributed by atoms with Crippen molar-refractivity contribution in [1.29, 1.82) is 0 Å². The van der Waals surface area contributed by atoms with Crippen LogP contribution in [-0.2, 0) is 19.6 Å². The van der Waals surface area contributed by atoms with Crippen LogP contribution >= 0.6 is 0 Å². The smallest absolute Gasteiger partial charge is 0.271 e. The van der Waals surface area contributed by atoms with Crippen molar-refractivity contribution in [2.45, 2.75) is 33.0 Å². The molecule has 1 aromatic heterocycles. The Hall–Kier alpha value is -2.34. The predicted octanol–water partition coefficient (Wildman–Crippen LogP) is 2.05. The molecule has 0 saturated carbocycles. The summed E-state index contributed by atoms with van der Waals surface area (Å²) in [5.74, 6) is 1.60. The van der Waals surface area contributed by atoms with E-state index in [4.69, 9.17) is 4.74 Å². The second-order valence-electron chi connectivity index (χ2n) is 6.01. The van der Waals surface area contributed by atoms with Gasteiger partial charge in [0, 0.05) is 31.4 Å². The van der Waals surface area contributed by atoms with Crippen LogP contribution in [0.25, 0.3) is 0 Å². The summed E-state index contributed by atoms with van der Waals surface area (Å²) in [6.45, 7) is 6.39. The van der Waals surface area contributed by atoms with Crippen LogP contribution in [0.4, 0.5) is 0 Å². The summed E-state index contributed by atoms with van der Waals surface area (Å²) in [4.78, 5) is 19.3. The predicted molar refractivity (Wildman–Crippen MR) is 92.0 cm³/mol. The molecule has 0 saturated heterocycles. The Morgan fingerprint density at radius 3 is 2.96 bits per heavy atom. The molecule has 0 atom stereocenters. The first-order valence-corrected chi connectivity index (χ1v) is 8.39. The standard InChI is InChI=1S/C18H24N4O2/c1-3-8-21-9-10-22-12-15(20-17(22)13-21)18(23)19-11-14-6-4-5-7-16(14)24-2/h4-7,12H,3,8-11,13H2,1-2H3,(H,19,23). The molecule has 1 aliphatic heterocycles. The summed E-state index contributed by atoms with van der Waals surface area (Å²) in [5, 5.41) is 2.93. The lowest BCUT2D eigenvalue weighted by Gasteiger charge is -2.26. The molecule has 0 aliphatic carbocycles. The third-order valence-corrected chi connectivity index (χ3v) is 4.29. The normalized spacial score (nSPS) is 14.2. The van der Waals surface area contributed by atoms with E-state index in [9.17, 15) is 4.79 Å². The summed E-state index contributed by atoms with van der Waals surface area (Å²) in [6, 6.07) is 7.68. The number of nitrogens with one attached hydrogen (secondary N) is 1. The van der Waals surface area contributed by atoms with Gasteiger partial charge in [0.25, 0.3) is 5.91 Å². The van der Waals surface area contributed by atoms with Gasteiger partial charge >= 0.3 is 0 Å². The van der Waals surface area contributed by atoms with Crippen molar-refractivity contribution >= 4 is 5.91 Å². The van der Waals surface area contributed by atoms with Crippen molar-refractivity contribution in [3.8, 4) is 5.75 Å². The molecule has 1 aliphatic rings. The third kappa shape index (κ3) is 3.59. The summed E-state index contributed by atoms with van der Waals surface area (Å²) < 4.78 is 7.40. The van der Waals surface area contributed by atoms with Crippen LogP contribution in [0.1, 0.15) is 35.2 Å². The molecule has 1 aromatic carbocycles. The van der Waals surface area contributed by atoms with Crippen molar-refractivity contribution in [3.63, 3.8) is 0 Å². The zero-order chi connectivity index (χ0) is 16.9. The van der Waals surface area contributed by atoms with E-state index in [0.717, 1.165) is 49.7 Å². The number of para-hydroxylation sites is 1. The van der Waals surface area contributed by atoms with E-state index in [0.29, 0.717) is 12.2 Å². The van der Waals surface area contributed by atoms with Crippen LogP contribution in [0, 0.1) is 0 Å².